The molecule has 36 heavy (non-hydrogen) atoms. The van der Waals surface area contributed by atoms with Crippen molar-refractivity contribution in [3.05, 3.63) is 88.7 Å². The number of aryl methyl sites for hydroxylation is 2. The minimum atomic E-state index is -4.00. The second-order valence-electron chi connectivity index (χ2n) is 9.43. The third kappa shape index (κ3) is 4.57. The van der Waals surface area contributed by atoms with Crippen LogP contribution in [-0.2, 0) is 27.8 Å². The lowest BCUT2D eigenvalue weighted by atomic mass is 9.86. The fourth-order valence-corrected chi connectivity index (χ4v) is 6.12. The second-order valence-corrected chi connectivity index (χ2v) is 11.1. The molecule has 1 aliphatic carbocycles. The van der Waals surface area contributed by atoms with Gasteiger partial charge < -0.3 is 9.64 Å². The highest BCUT2D eigenvalue weighted by atomic mass is 32.2. The summed E-state index contributed by atoms with van der Waals surface area (Å²) in [6.45, 7) is 3.80. The van der Waals surface area contributed by atoms with Crippen molar-refractivity contribution in [1.82, 2.24) is 4.90 Å². The highest BCUT2D eigenvalue weighted by molar-refractivity contribution is 7.92. The molecule has 1 amide bonds. The third-order valence-corrected chi connectivity index (χ3v) is 8.40. The Bertz CT molecular complexity index is 1420. The molecule has 0 bridgehead atoms. The first-order valence-electron chi connectivity index (χ1n) is 12.2. The van der Waals surface area contributed by atoms with Gasteiger partial charge in [-0.05, 0) is 79.6 Å². The summed E-state index contributed by atoms with van der Waals surface area (Å²) in [5.74, 6) is -0.0838. The molecule has 6 nitrogen and oxygen atoms in total. The second kappa shape index (κ2) is 9.58. The molecule has 188 valence electrons. The average Bonchev–Trinajstić information content (AvgIpc) is 3.01. The molecule has 0 saturated carbocycles. The van der Waals surface area contributed by atoms with Crippen molar-refractivity contribution < 1.29 is 22.3 Å². The smallest absolute Gasteiger partial charge is 0.264 e. The van der Waals surface area contributed by atoms with Crippen LogP contribution < -0.4 is 9.46 Å². The van der Waals surface area contributed by atoms with Crippen molar-refractivity contribution in [3.8, 4) is 5.75 Å². The fraction of sp³-hybridized carbons (Fsp3) is 0.321. The number of hydrogen-bond donors (Lipinski definition) is 1. The lowest BCUT2D eigenvalue weighted by Gasteiger charge is -2.36. The number of anilines is 1. The van der Waals surface area contributed by atoms with E-state index in [1.54, 1.807) is 25.1 Å². The van der Waals surface area contributed by atoms with Crippen LogP contribution in [0.5, 0.6) is 5.75 Å². The number of rotatable bonds is 5. The minimum Gasteiger partial charge on any atom is -0.480 e. The van der Waals surface area contributed by atoms with E-state index >= 15 is 0 Å². The molecule has 2 aliphatic rings. The minimum absolute atomic E-state index is 0.0623. The predicted molar refractivity (Wildman–Crippen MR) is 136 cm³/mol. The van der Waals surface area contributed by atoms with Gasteiger partial charge in [0.1, 0.15) is 11.6 Å². The van der Waals surface area contributed by atoms with Gasteiger partial charge in [-0.1, -0.05) is 37.3 Å². The van der Waals surface area contributed by atoms with Gasteiger partial charge in [0.05, 0.1) is 17.5 Å². The summed E-state index contributed by atoms with van der Waals surface area (Å²) < 4.78 is 48.5. The lowest BCUT2D eigenvalue weighted by Crippen LogP contribution is -2.42. The van der Waals surface area contributed by atoms with Crippen LogP contribution in [0.3, 0.4) is 0 Å². The zero-order chi connectivity index (χ0) is 25.4. The van der Waals surface area contributed by atoms with Gasteiger partial charge in [-0.25, -0.2) is 12.8 Å². The van der Waals surface area contributed by atoms with Gasteiger partial charge in [0.2, 0.25) is 0 Å². The number of nitrogens with zero attached hydrogens (tertiary/aromatic N) is 1. The number of carbonyl (C=O) groups excluding carboxylic acids is 1. The van der Waals surface area contributed by atoms with Crippen molar-refractivity contribution in [3.63, 3.8) is 0 Å². The van der Waals surface area contributed by atoms with E-state index in [0.29, 0.717) is 30.0 Å². The largest absolute Gasteiger partial charge is 0.480 e. The van der Waals surface area contributed by atoms with Crippen LogP contribution in [0.15, 0.2) is 65.6 Å². The van der Waals surface area contributed by atoms with Crippen LogP contribution in [0, 0.1) is 12.7 Å². The highest BCUT2D eigenvalue weighted by Crippen LogP contribution is 2.39. The number of sulfonamides is 1. The molecule has 8 heteroatoms. The van der Waals surface area contributed by atoms with Gasteiger partial charge in [-0.15, -0.1) is 0 Å². The Morgan fingerprint density at radius 2 is 1.89 bits per heavy atom. The Labute approximate surface area is 211 Å². The molecule has 0 saturated heterocycles. The number of halogens is 1. The SMILES string of the molecule is CC[C@H]1Oc2ccc(NS(=O)(=O)c3ccc(C)c(F)c3)cc2CN([C@H]2CCCc3ccccc32)C1=O. The first-order chi connectivity index (χ1) is 17.3. The van der Waals surface area contributed by atoms with Crippen molar-refractivity contribution in [1.29, 1.82) is 0 Å². The van der Waals surface area contributed by atoms with Crippen LogP contribution in [0.2, 0.25) is 0 Å². The monoisotopic (exact) mass is 508 g/mol. The molecule has 1 aliphatic heterocycles. The Balaban J connectivity index is 1.48. The molecule has 2 atom stereocenters. The zero-order valence-electron chi connectivity index (χ0n) is 20.3. The fourth-order valence-electron chi connectivity index (χ4n) is 5.06. The number of carbonyl (C=O) groups is 1. The van der Waals surface area contributed by atoms with Crippen molar-refractivity contribution in [2.45, 2.75) is 63.1 Å². The molecular formula is C28H29FN2O4S. The summed E-state index contributed by atoms with van der Waals surface area (Å²) in [4.78, 5) is 15.3. The average molecular weight is 509 g/mol. The van der Waals surface area contributed by atoms with E-state index in [4.69, 9.17) is 4.74 Å². The van der Waals surface area contributed by atoms with Crippen LogP contribution in [0.25, 0.3) is 0 Å². The van der Waals surface area contributed by atoms with Gasteiger partial charge in [0.15, 0.2) is 6.10 Å². The van der Waals surface area contributed by atoms with Gasteiger partial charge in [-0.3, -0.25) is 9.52 Å². The van der Waals surface area contributed by atoms with Gasteiger partial charge >= 0.3 is 0 Å². The van der Waals surface area contributed by atoms with E-state index in [1.807, 2.05) is 24.0 Å². The standard InChI is InChI=1S/C28H29FN2O4S/c1-3-26-28(32)31(25-10-6-8-19-7-4-5-9-23(19)25)17-20-15-21(12-14-27(20)35-26)30-36(33,34)22-13-11-18(2)24(29)16-22/h4-5,7,9,11-16,25-26,30H,3,6,8,10,17H2,1-2H3/t25-,26+/m0/s1. The maximum Gasteiger partial charge on any atom is 0.264 e. The third-order valence-electron chi connectivity index (χ3n) is 7.02. The van der Waals surface area contributed by atoms with E-state index in [0.717, 1.165) is 36.5 Å². The number of fused-ring (bicyclic) bond motifs is 2. The van der Waals surface area contributed by atoms with E-state index in [-0.39, 0.29) is 16.8 Å². The first kappa shape index (κ1) is 24.3. The zero-order valence-corrected chi connectivity index (χ0v) is 21.1. The number of amides is 1. The van der Waals surface area contributed by atoms with E-state index < -0.39 is 21.9 Å². The van der Waals surface area contributed by atoms with Crippen LogP contribution >= 0.6 is 0 Å². The number of nitrogens with one attached hydrogen (secondary N) is 1. The molecule has 0 fully saturated rings. The Morgan fingerprint density at radius 3 is 2.67 bits per heavy atom. The molecule has 5 rings (SSSR count). The first-order valence-corrected chi connectivity index (χ1v) is 13.7. The molecular weight excluding hydrogens is 479 g/mol. The Hall–Kier alpha value is -3.39. The van der Waals surface area contributed by atoms with Crippen LogP contribution in [-0.4, -0.2) is 25.3 Å². The van der Waals surface area contributed by atoms with Crippen molar-refractivity contribution in [2.24, 2.45) is 0 Å². The van der Waals surface area contributed by atoms with Crippen molar-refractivity contribution in [2.75, 3.05) is 4.72 Å². The maximum atomic E-state index is 14.0. The van der Waals surface area contributed by atoms with Gasteiger partial charge in [-0.2, -0.15) is 0 Å². The van der Waals surface area contributed by atoms with Gasteiger partial charge in [0.25, 0.3) is 15.9 Å². The molecule has 1 heterocycles. The molecule has 3 aromatic rings. The predicted octanol–water partition coefficient (Wildman–Crippen LogP) is 5.51. The topological polar surface area (TPSA) is 75.7 Å². The summed E-state index contributed by atoms with van der Waals surface area (Å²) in [7, 11) is -4.00. The molecule has 0 unspecified atom stereocenters. The molecule has 3 aromatic carbocycles. The summed E-state index contributed by atoms with van der Waals surface area (Å²) in [5.41, 5.74) is 3.83. The van der Waals surface area contributed by atoms with Crippen molar-refractivity contribution >= 4 is 21.6 Å². The number of ether oxygens (including phenoxy) is 1. The number of benzene rings is 3. The summed E-state index contributed by atoms with van der Waals surface area (Å²) in [5, 5.41) is 0. The number of hydrogen-bond acceptors (Lipinski definition) is 4. The molecule has 0 spiro atoms. The van der Waals surface area contributed by atoms with E-state index in [2.05, 4.69) is 16.9 Å². The lowest BCUT2D eigenvalue weighted by molar-refractivity contribution is -0.141. The normalized spacial score (nSPS) is 19.6. The Kier molecular flexibility index (Phi) is 6.47. The van der Waals surface area contributed by atoms with E-state index in [9.17, 15) is 17.6 Å². The maximum absolute atomic E-state index is 14.0. The summed E-state index contributed by atoms with van der Waals surface area (Å²) in [6.07, 6.45) is 2.75. The van der Waals surface area contributed by atoms with Crippen LogP contribution in [0.1, 0.15) is 54.5 Å². The highest BCUT2D eigenvalue weighted by Gasteiger charge is 2.36. The Morgan fingerprint density at radius 1 is 1.08 bits per heavy atom. The summed E-state index contributed by atoms with van der Waals surface area (Å²) >= 11 is 0. The van der Waals surface area contributed by atoms with Crippen LogP contribution in [0.4, 0.5) is 10.1 Å². The van der Waals surface area contributed by atoms with E-state index in [1.165, 1.54) is 17.7 Å². The molecule has 0 aromatic heterocycles. The molecule has 0 radical (unpaired) electrons. The molecule has 1 N–H and O–H groups in total. The van der Waals surface area contributed by atoms with Gasteiger partial charge in [0, 0.05) is 11.3 Å². The quantitative estimate of drug-likeness (QED) is 0.493. The summed E-state index contributed by atoms with van der Waals surface area (Å²) in [6, 6.07) is 17.0.